The number of amides is 3. The van der Waals surface area contributed by atoms with E-state index < -0.39 is 5.41 Å². The molecule has 3 amide bonds. The number of carbonyl (C=O) groups is 2. The number of urea groups is 1. The first-order chi connectivity index (χ1) is 12.6. The number of nitrogens with zero attached hydrogens (tertiary/aromatic N) is 1. The van der Waals surface area contributed by atoms with Gasteiger partial charge in [0, 0.05) is 32.8 Å². The Morgan fingerprint density at radius 2 is 2.04 bits per heavy atom. The maximum Gasteiger partial charge on any atom is 0.317 e. The molecule has 6 heteroatoms. The van der Waals surface area contributed by atoms with Crippen LogP contribution in [0.25, 0.3) is 0 Å². The summed E-state index contributed by atoms with van der Waals surface area (Å²) in [6.45, 7) is 4.94. The van der Waals surface area contributed by atoms with Gasteiger partial charge in [-0.3, -0.25) is 4.79 Å². The van der Waals surface area contributed by atoms with E-state index in [9.17, 15) is 9.59 Å². The lowest BCUT2D eigenvalue weighted by atomic mass is 9.81. The first-order valence-electron chi connectivity index (χ1n) is 9.53. The van der Waals surface area contributed by atoms with Crippen molar-refractivity contribution < 1.29 is 14.3 Å². The lowest BCUT2D eigenvalue weighted by Gasteiger charge is -2.39. The molecule has 26 heavy (non-hydrogen) atoms. The van der Waals surface area contributed by atoms with Gasteiger partial charge in [0.25, 0.3) is 0 Å². The van der Waals surface area contributed by atoms with E-state index in [0.717, 1.165) is 37.9 Å². The van der Waals surface area contributed by atoms with Gasteiger partial charge in [0.2, 0.25) is 5.91 Å². The Morgan fingerprint density at radius 3 is 2.77 bits per heavy atom. The molecule has 0 aromatic heterocycles. The van der Waals surface area contributed by atoms with Crippen LogP contribution in [-0.4, -0.2) is 49.2 Å². The van der Waals surface area contributed by atoms with E-state index in [1.54, 1.807) is 4.90 Å². The first kappa shape index (κ1) is 18.7. The van der Waals surface area contributed by atoms with Crippen LogP contribution in [0.4, 0.5) is 4.79 Å². The summed E-state index contributed by atoms with van der Waals surface area (Å²) in [6, 6.07) is 9.78. The van der Waals surface area contributed by atoms with Gasteiger partial charge < -0.3 is 20.3 Å². The van der Waals surface area contributed by atoms with Crippen LogP contribution in [0, 0.1) is 5.41 Å². The minimum absolute atomic E-state index is 0.0120. The first-order valence-corrected chi connectivity index (χ1v) is 9.53. The van der Waals surface area contributed by atoms with Gasteiger partial charge in [-0.15, -0.1) is 0 Å². The fraction of sp³-hybridized carbons (Fsp3) is 0.600. The van der Waals surface area contributed by atoms with Gasteiger partial charge in [-0.2, -0.15) is 0 Å². The predicted molar refractivity (Wildman–Crippen MR) is 99.6 cm³/mol. The van der Waals surface area contributed by atoms with Crippen LogP contribution >= 0.6 is 0 Å². The number of likely N-dealkylation sites (tertiary alicyclic amines) is 1. The molecule has 2 atom stereocenters. The van der Waals surface area contributed by atoms with Crippen LogP contribution in [0.5, 0.6) is 0 Å². The molecule has 142 valence electrons. The number of ether oxygens (including phenoxy) is 1. The van der Waals surface area contributed by atoms with Crippen LogP contribution < -0.4 is 10.6 Å². The Morgan fingerprint density at radius 1 is 1.23 bits per heavy atom. The normalized spacial score (nSPS) is 25.7. The zero-order valence-electron chi connectivity index (χ0n) is 15.5. The molecule has 0 bridgehead atoms. The molecule has 0 saturated carbocycles. The molecule has 3 rings (SSSR count). The van der Waals surface area contributed by atoms with Crippen LogP contribution in [0.2, 0.25) is 0 Å². The Hall–Kier alpha value is -2.08. The maximum absolute atomic E-state index is 12.7. The summed E-state index contributed by atoms with van der Waals surface area (Å²) in [7, 11) is 0. The second kappa shape index (κ2) is 8.54. The van der Waals surface area contributed by atoms with Crippen molar-refractivity contribution >= 4 is 11.9 Å². The van der Waals surface area contributed by atoms with Crippen molar-refractivity contribution in [3.63, 3.8) is 0 Å². The highest BCUT2D eigenvalue weighted by Crippen LogP contribution is 2.30. The van der Waals surface area contributed by atoms with E-state index >= 15 is 0 Å². The Kier molecular flexibility index (Phi) is 6.14. The van der Waals surface area contributed by atoms with Gasteiger partial charge in [-0.05, 0) is 38.2 Å². The smallest absolute Gasteiger partial charge is 0.317 e. The van der Waals surface area contributed by atoms with Gasteiger partial charge in [0.1, 0.15) is 0 Å². The minimum Gasteiger partial charge on any atom is -0.376 e. The third kappa shape index (κ3) is 4.75. The van der Waals surface area contributed by atoms with Crippen molar-refractivity contribution in [2.75, 3.05) is 26.2 Å². The summed E-state index contributed by atoms with van der Waals surface area (Å²) in [4.78, 5) is 27.0. The summed E-state index contributed by atoms with van der Waals surface area (Å²) in [5, 5.41) is 5.99. The molecule has 6 nitrogen and oxygen atoms in total. The van der Waals surface area contributed by atoms with Gasteiger partial charge in [0.05, 0.1) is 11.5 Å². The fourth-order valence-electron chi connectivity index (χ4n) is 3.71. The van der Waals surface area contributed by atoms with Crippen molar-refractivity contribution in [1.82, 2.24) is 15.5 Å². The van der Waals surface area contributed by atoms with E-state index in [1.807, 2.05) is 37.3 Å². The third-order valence-electron chi connectivity index (χ3n) is 5.33. The Labute approximate surface area is 155 Å². The largest absolute Gasteiger partial charge is 0.376 e. The molecule has 0 aliphatic carbocycles. The molecule has 2 fully saturated rings. The van der Waals surface area contributed by atoms with Crippen LogP contribution in [-0.2, 0) is 16.1 Å². The number of carbonyl (C=O) groups excluding carboxylic acids is 2. The molecule has 2 aliphatic heterocycles. The Balaban J connectivity index is 1.50. The monoisotopic (exact) mass is 359 g/mol. The molecular weight excluding hydrogens is 330 g/mol. The predicted octanol–water partition coefficient (Wildman–Crippen LogP) is 2.29. The number of hydrogen-bond acceptors (Lipinski definition) is 3. The number of hydrogen-bond donors (Lipinski definition) is 2. The van der Waals surface area contributed by atoms with E-state index in [4.69, 9.17) is 4.74 Å². The molecule has 2 aliphatic rings. The van der Waals surface area contributed by atoms with Crippen molar-refractivity contribution in [2.24, 2.45) is 5.41 Å². The van der Waals surface area contributed by atoms with Gasteiger partial charge in [-0.25, -0.2) is 4.79 Å². The van der Waals surface area contributed by atoms with E-state index in [-0.39, 0.29) is 18.0 Å². The van der Waals surface area contributed by atoms with E-state index in [2.05, 4.69) is 10.6 Å². The van der Waals surface area contributed by atoms with Crippen molar-refractivity contribution in [3.8, 4) is 0 Å². The SMILES string of the molecule is C[C@]1(C(=O)NCc2ccccc2)CCCN(C(=O)NC[C@H]2CCCO2)C1. The number of rotatable bonds is 5. The highest BCUT2D eigenvalue weighted by Gasteiger charge is 2.39. The van der Waals surface area contributed by atoms with Gasteiger partial charge in [0.15, 0.2) is 0 Å². The molecular formula is C20H29N3O3. The van der Waals surface area contributed by atoms with Crippen LogP contribution in [0.3, 0.4) is 0 Å². The zero-order chi connectivity index (χ0) is 18.4. The Bertz CT molecular complexity index is 616. The highest BCUT2D eigenvalue weighted by atomic mass is 16.5. The summed E-state index contributed by atoms with van der Waals surface area (Å²) < 4.78 is 5.55. The topological polar surface area (TPSA) is 70.7 Å². The standard InChI is InChI=1S/C20H29N3O3/c1-20(18(24)21-13-16-7-3-2-4-8-16)10-6-11-23(15-20)19(25)22-14-17-9-5-12-26-17/h2-4,7-8,17H,5-6,9-15H2,1H3,(H,21,24)(H,22,25)/t17-,20+/m1/s1. The van der Waals surface area contributed by atoms with Gasteiger partial charge >= 0.3 is 6.03 Å². The van der Waals surface area contributed by atoms with Crippen molar-refractivity contribution in [3.05, 3.63) is 35.9 Å². The molecule has 2 heterocycles. The second-order valence-electron chi connectivity index (χ2n) is 7.58. The number of nitrogens with one attached hydrogen (secondary N) is 2. The van der Waals surface area contributed by atoms with Crippen molar-refractivity contribution in [2.45, 2.75) is 45.3 Å². The third-order valence-corrected chi connectivity index (χ3v) is 5.33. The molecule has 0 unspecified atom stereocenters. The quantitative estimate of drug-likeness (QED) is 0.847. The van der Waals surface area contributed by atoms with Crippen LogP contribution in [0.15, 0.2) is 30.3 Å². The van der Waals surface area contributed by atoms with E-state index in [1.165, 1.54) is 0 Å². The molecule has 0 spiro atoms. The lowest BCUT2D eigenvalue weighted by Crippen LogP contribution is -2.54. The summed E-state index contributed by atoms with van der Waals surface area (Å²) in [5.74, 6) is 0.0120. The van der Waals surface area contributed by atoms with Crippen molar-refractivity contribution in [1.29, 1.82) is 0 Å². The molecule has 2 N–H and O–H groups in total. The second-order valence-corrected chi connectivity index (χ2v) is 7.58. The number of piperidine rings is 1. The zero-order valence-corrected chi connectivity index (χ0v) is 15.5. The average molecular weight is 359 g/mol. The number of benzene rings is 1. The lowest BCUT2D eigenvalue weighted by molar-refractivity contribution is -0.132. The molecule has 1 aromatic rings. The average Bonchev–Trinajstić information content (AvgIpc) is 3.18. The maximum atomic E-state index is 12.7. The van der Waals surface area contributed by atoms with E-state index in [0.29, 0.717) is 26.2 Å². The molecule has 1 aromatic carbocycles. The van der Waals surface area contributed by atoms with Gasteiger partial charge in [-0.1, -0.05) is 30.3 Å². The molecule has 0 radical (unpaired) electrons. The summed E-state index contributed by atoms with van der Waals surface area (Å²) >= 11 is 0. The fourth-order valence-corrected chi connectivity index (χ4v) is 3.71. The molecule has 2 saturated heterocycles. The highest BCUT2D eigenvalue weighted by molar-refractivity contribution is 5.84. The summed E-state index contributed by atoms with van der Waals surface area (Å²) in [6.07, 6.45) is 3.82. The minimum atomic E-state index is -0.547. The van der Waals surface area contributed by atoms with Crippen LogP contribution in [0.1, 0.15) is 38.2 Å². The summed E-state index contributed by atoms with van der Waals surface area (Å²) in [5.41, 5.74) is 0.528.